The number of carbonyl (C=O) groups excluding carboxylic acids is 3. The highest BCUT2D eigenvalue weighted by atomic mass is 16.8. The number of ketones is 1. The molecule has 0 aliphatic carbocycles. The summed E-state index contributed by atoms with van der Waals surface area (Å²) in [5.74, 6) is 0.734. The molecule has 10 heteroatoms. The smallest absolute Gasteiger partial charge is 0.454 e. The fourth-order valence-corrected chi connectivity index (χ4v) is 2.21. The number of fused-ring (bicyclic) bond motifs is 1. The summed E-state index contributed by atoms with van der Waals surface area (Å²) < 4.78 is 24.7. The Balaban J connectivity index is 1.78. The van der Waals surface area contributed by atoms with Crippen molar-refractivity contribution >= 4 is 18.0 Å². The van der Waals surface area contributed by atoms with Crippen LogP contribution in [0.2, 0.25) is 0 Å². The van der Waals surface area contributed by atoms with E-state index in [1.54, 1.807) is 25.1 Å². The van der Waals surface area contributed by atoms with E-state index in [-0.39, 0.29) is 19.2 Å². The summed E-state index contributed by atoms with van der Waals surface area (Å²) >= 11 is 0. The maximum absolute atomic E-state index is 12.6. The van der Waals surface area contributed by atoms with Gasteiger partial charge in [-0.25, -0.2) is 9.59 Å². The molecule has 1 unspecified atom stereocenters. The zero-order valence-corrected chi connectivity index (χ0v) is 16.3. The molecule has 28 heavy (non-hydrogen) atoms. The molecule has 0 saturated carbocycles. The van der Waals surface area contributed by atoms with E-state index in [4.69, 9.17) is 18.9 Å². The SMILES string of the molecule is CC(C(=O)c1ccc2c(c1)OCO2)N(C)C(=O)OCOC(=O)OCCN(C)C. The Hall–Kier alpha value is -3.01. The Kier molecular flexibility index (Phi) is 7.44. The predicted molar refractivity (Wildman–Crippen MR) is 96.5 cm³/mol. The van der Waals surface area contributed by atoms with Crippen molar-refractivity contribution < 1.29 is 38.1 Å². The van der Waals surface area contributed by atoms with Crippen LogP contribution in [0.15, 0.2) is 18.2 Å². The maximum Gasteiger partial charge on any atom is 0.511 e. The highest BCUT2D eigenvalue weighted by Gasteiger charge is 2.26. The Morgan fingerprint density at radius 2 is 1.79 bits per heavy atom. The van der Waals surface area contributed by atoms with Crippen molar-refractivity contribution in [2.45, 2.75) is 13.0 Å². The van der Waals surface area contributed by atoms with Crippen LogP contribution in [0.3, 0.4) is 0 Å². The molecular weight excluding hydrogens is 372 g/mol. The lowest BCUT2D eigenvalue weighted by atomic mass is 10.0. The Labute approximate surface area is 162 Å². The lowest BCUT2D eigenvalue weighted by Gasteiger charge is -2.23. The van der Waals surface area contributed by atoms with Crippen molar-refractivity contribution in [2.75, 3.05) is 47.9 Å². The number of rotatable bonds is 8. The second-order valence-corrected chi connectivity index (χ2v) is 6.29. The summed E-state index contributed by atoms with van der Waals surface area (Å²) in [4.78, 5) is 38.9. The molecule has 1 amide bonds. The third-order valence-corrected chi connectivity index (χ3v) is 4.02. The van der Waals surface area contributed by atoms with Gasteiger partial charge in [0.2, 0.25) is 13.6 Å². The molecule has 0 saturated heterocycles. The third-order valence-electron chi connectivity index (χ3n) is 4.02. The molecular formula is C18H24N2O8. The van der Waals surface area contributed by atoms with Crippen LogP contribution in [0.4, 0.5) is 9.59 Å². The second kappa shape index (κ2) is 9.79. The predicted octanol–water partition coefficient (Wildman–Crippen LogP) is 1.73. The molecule has 0 bridgehead atoms. The van der Waals surface area contributed by atoms with Crippen LogP contribution in [-0.4, -0.2) is 81.8 Å². The van der Waals surface area contributed by atoms with E-state index < -0.39 is 25.1 Å². The molecule has 1 aromatic rings. The minimum absolute atomic E-state index is 0.104. The monoisotopic (exact) mass is 396 g/mol. The first-order valence-electron chi connectivity index (χ1n) is 8.57. The van der Waals surface area contributed by atoms with Crippen molar-refractivity contribution in [3.63, 3.8) is 0 Å². The van der Waals surface area contributed by atoms with E-state index in [1.165, 1.54) is 7.05 Å². The van der Waals surface area contributed by atoms with Crippen LogP contribution in [-0.2, 0) is 14.2 Å². The first-order chi connectivity index (χ1) is 13.3. The third kappa shape index (κ3) is 5.74. The quantitative estimate of drug-likeness (QED) is 0.369. The molecule has 1 heterocycles. The fourth-order valence-electron chi connectivity index (χ4n) is 2.21. The lowest BCUT2D eigenvalue weighted by molar-refractivity contribution is -0.0251. The molecule has 1 atom stereocenters. The maximum atomic E-state index is 12.6. The summed E-state index contributed by atoms with van der Waals surface area (Å²) in [6.07, 6.45) is -1.76. The number of benzene rings is 1. The number of amides is 1. The first kappa shape index (κ1) is 21.3. The number of ether oxygens (including phenoxy) is 5. The number of likely N-dealkylation sites (N-methyl/N-ethyl adjacent to an activating group) is 2. The van der Waals surface area contributed by atoms with E-state index in [0.29, 0.717) is 23.6 Å². The van der Waals surface area contributed by atoms with Gasteiger partial charge in [0.25, 0.3) is 0 Å². The molecule has 0 N–H and O–H groups in total. The van der Waals surface area contributed by atoms with Gasteiger partial charge >= 0.3 is 12.2 Å². The van der Waals surface area contributed by atoms with Crippen molar-refractivity contribution in [3.05, 3.63) is 23.8 Å². The van der Waals surface area contributed by atoms with Crippen molar-refractivity contribution in [2.24, 2.45) is 0 Å². The summed E-state index contributed by atoms with van der Waals surface area (Å²) in [6.45, 7) is 1.74. The fraction of sp³-hybridized carbons (Fsp3) is 0.500. The molecule has 0 aromatic heterocycles. The van der Waals surface area contributed by atoms with Gasteiger partial charge < -0.3 is 33.5 Å². The van der Waals surface area contributed by atoms with Crippen LogP contribution in [0, 0.1) is 0 Å². The zero-order valence-electron chi connectivity index (χ0n) is 16.3. The summed E-state index contributed by atoms with van der Waals surface area (Å²) in [5, 5.41) is 0. The molecule has 2 rings (SSSR count). The molecule has 1 aliphatic rings. The van der Waals surface area contributed by atoms with Gasteiger partial charge in [0.1, 0.15) is 6.61 Å². The minimum Gasteiger partial charge on any atom is -0.454 e. The van der Waals surface area contributed by atoms with E-state index >= 15 is 0 Å². The van der Waals surface area contributed by atoms with Crippen molar-refractivity contribution in [1.82, 2.24) is 9.80 Å². The molecule has 0 radical (unpaired) electrons. The van der Waals surface area contributed by atoms with Gasteiger partial charge in [-0.1, -0.05) is 0 Å². The van der Waals surface area contributed by atoms with Gasteiger partial charge in [0.15, 0.2) is 17.3 Å². The van der Waals surface area contributed by atoms with Gasteiger partial charge in [-0.3, -0.25) is 4.79 Å². The van der Waals surface area contributed by atoms with Crippen molar-refractivity contribution in [1.29, 1.82) is 0 Å². The van der Waals surface area contributed by atoms with E-state index in [9.17, 15) is 14.4 Å². The molecule has 0 spiro atoms. The Morgan fingerprint density at radius 1 is 1.07 bits per heavy atom. The Bertz CT molecular complexity index is 722. The van der Waals surface area contributed by atoms with Gasteiger partial charge in [0, 0.05) is 19.2 Å². The number of carbonyl (C=O) groups is 3. The summed E-state index contributed by atoms with van der Waals surface area (Å²) in [7, 11) is 5.07. The van der Waals surface area contributed by atoms with Crippen LogP contribution < -0.4 is 9.47 Å². The molecule has 10 nitrogen and oxygen atoms in total. The largest absolute Gasteiger partial charge is 0.511 e. The standard InChI is InChI=1S/C18H24N2O8/c1-12(16(21)13-5-6-14-15(9-13)26-10-25-14)20(4)17(22)27-11-28-18(23)24-8-7-19(2)3/h5-6,9,12H,7-8,10-11H2,1-4H3. The van der Waals surface area contributed by atoms with Gasteiger partial charge in [0.05, 0.1) is 6.04 Å². The number of Topliss-reactive ketones (excluding diaryl/α,β-unsaturated/α-hetero) is 1. The average molecular weight is 396 g/mol. The number of hydrogen-bond donors (Lipinski definition) is 0. The minimum atomic E-state index is -0.943. The highest BCUT2D eigenvalue weighted by Crippen LogP contribution is 2.32. The second-order valence-electron chi connectivity index (χ2n) is 6.29. The van der Waals surface area contributed by atoms with Crippen LogP contribution >= 0.6 is 0 Å². The highest BCUT2D eigenvalue weighted by molar-refractivity contribution is 6.01. The number of nitrogens with zero attached hydrogens (tertiary/aromatic N) is 2. The average Bonchev–Trinajstić information content (AvgIpc) is 3.13. The van der Waals surface area contributed by atoms with E-state index in [1.807, 2.05) is 19.0 Å². The summed E-state index contributed by atoms with van der Waals surface area (Å²) in [5.41, 5.74) is 0.372. The van der Waals surface area contributed by atoms with E-state index in [0.717, 1.165) is 4.90 Å². The topological polar surface area (TPSA) is 104 Å². The van der Waals surface area contributed by atoms with Crippen LogP contribution in [0.5, 0.6) is 11.5 Å². The van der Waals surface area contributed by atoms with Gasteiger partial charge in [-0.15, -0.1) is 0 Å². The molecule has 154 valence electrons. The first-order valence-corrected chi connectivity index (χ1v) is 8.57. The molecule has 0 fully saturated rings. The van der Waals surface area contributed by atoms with Gasteiger partial charge in [-0.2, -0.15) is 0 Å². The van der Waals surface area contributed by atoms with Crippen LogP contribution in [0.1, 0.15) is 17.3 Å². The van der Waals surface area contributed by atoms with Crippen LogP contribution in [0.25, 0.3) is 0 Å². The lowest BCUT2D eigenvalue weighted by Crippen LogP contribution is -2.41. The van der Waals surface area contributed by atoms with Crippen molar-refractivity contribution in [3.8, 4) is 11.5 Å². The molecule has 1 aromatic carbocycles. The van der Waals surface area contributed by atoms with E-state index in [2.05, 4.69) is 4.74 Å². The normalized spacial score (nSPS) is 13.0. The number of hydrogen-bond acceptors (Lipinski definition) is 9. The van der Waals surface area contributed by atoms with Gasteiger partial charge in [-0.05, 0) is 39.2 Å². The summed E-state index contributed by atoms with van der Waals surface area (Å²) in [6, 6.07) is 3.99. The Morgan fingerprint density at radius 3 is 2.50 bits per heavy atom. The molecule has 1 aliphatic heterocycles. The zero-order chi connectivity index (χ0) is 20.7.